The van der Waals surface area contributed by atoms with Crippen LogP contribution in [-0.2, 0) is 33.7 Å². The second-order valence-electron chi connectivity index (χ2n) is 13.4. The van der Waals surface area contributed by atoms with E-state index in [2.05, 4.69) is 25.9 Å². The number of H-pyrrole nitrogens is 1. The van der Waals surface area contributed by atoms with Gasteiger partial charge in [0.05, 0.1) is 29.7 Å². The summed E-state index contributed by atoms with van der Waals surface area (Å²) >= 11 is 0. The van der Waals surface area contributed by atoms with Gasteiger partial charge in [-0.2, -0.15) is 0 Å². The molecule has 0 aliphatic rings. The van der Waals surface area contributed by atoms with Crippen molar-refractivity contribution in [1.82, 2.24) is 25.9 Å². The number of fused-ring (bicyclic) bond motifs is 1. The van der Waals surface area contributed by atoms with Gasteiger partial charge in [-0.3, -0.25) is 9.59 Å². The van der Waals surface area contributed by atoms with Crippen molar-refractivity contribution in [2.75, 3.05) is 0 Å². The van der Waals surface area contributed by atoms with Gasteiger partial charge in [-0.05, 0) is 68.9 Å². The fraction of sp³-hybridized carbons (Fsp3) is 0.300. The van der Waals surface area contributed by atoms with Crippen molar-refractivity contribution in [3.63, 3.8) is 0 Å². The summed E-state index contributed by atoms with van der Waals surface area (Å²) in [7, 11) is 0. The van der Waals surface area contributed by atoms with Crippen LogP contribution in [0, 0.1) is 5.92 Å². The molecule has 0 fully saturated rings. The summed E-state index contributed by atoms with van der Waals surface area (Å²) in [6.45, 7) is 5.44. The van der Waals surface area contributed by atoms with E-state index < -0.39 is 47.6 Å². The first-order valence-electron chi connectivity index (χ1n) is 16.9. The maximum Gasteiger partial charge on any atom is 0.407 e. The average Bonchev–Trinajstić information content (AvgIpc) is 3.52. The summed E-state index contributed by atoms with van der Waals surface area (Å²) < 4.78 is 5.51. The number of hydrogen-bond donors (Lipinski definition) is 5. The predicted octanol–water partition coefficient (Wildman–Crippen LogP) is 5.78. The lowest BCUT2D eigenvalue weighted by Gasteiger charge is -2.29. The van der Waals surface area contributed by atoms with E-state index in [-0.39, 0.29) is 13.0 Å². The fourth-order valence-corrected chi connectivity index (χ4v) is 5.82. The number of hydrogen-bond acceptors (Lipinski definition) is 6. The van der Waals surface area contributed by atoms with Crippen LogP contribution in [0.5, 0.6) is 0 Å². The van der Waals surface area contributed by atoms with Crippen molar-refractivity contribution in [2.24, 2.45) is 5.92 Å². The Bertz CT molecular complexity index is 1810. The highest BCUT2D eigenvalue weighted by Gasteiger charge is 2.32. The molecular formula is C40H45N5O5. The number of nitrogens with one attached hydrogen (secondary N) is 4. The minimum absolute atomic E-state index is 0.0101. The number of benzene rings is 4. The first kappa shape index (κ1) is 35.8. The lowest BCUT2D eigenvalue weighted by atomic mass is 9.88. The zero-order valence-corrected chi connectivity index (χ0v) is 28.6. The number of carbonyl (C=O) groups is 3. The molecule has 10 nitrogen and oxygen atoms in total. The molecule has 4 aromatic carbocycles. The van der Waals surface area contributed by atoms with Crippen LogP contribution < -0.4 is 16.0 Å². The van der Waals surface area contributed by atoms with Crippen LogP contribution in [0.15, 0.2) is 115 Å². The lowest BCUT2D eigenvalue weighted by Crippen LogP contribution is -2.49. The highest BCUT2D eigenvalue weighted by molar-refractivity contribution is 5.89. The Morgan fingerprint density at radius 1 is 0.760 bits per heavy atom. The SMILES string of the molecule is CC(C)(C)OC(=O)N[C@@H](Cc1ccccc1)[C@@H](O)C[C@@H](Cc1ccccc1)C(=O)N[C@H](C(=O)NCc1nc2ccccc2[nH]1)c1ccccc1. The highest BCUT2D eigenvalue weighted by atomic mass is 16.6. The Balaban J connectivity index is 1.36. The second kappa shape index (κ2) is 16.8. The van der Waals surface area contributed by atoms with Gasteiger partial charge in [0.1, 0.15) is 17.5 Å². The Hall–Kier alpha value is -5.48. The van der Waals surface area contributed by atoms with E-state index in [0.29, 0.717) is 24.2 Å². The van der Waals surface area contributed by atoms with Gasteiger partial charge in [-0.25, -0.2) is 9.78 Å². The number of aromatic amines is 1. The van der Waals surface area contributed by atoms with Crippen molar-refractivity contribution in [3.05, 3.63) is 138 Å². The smallest absolute Gasteiger partial charge is 0.407 e. The molecule has 0 aliphatic carbocycles. The van der Waals surface area contributed by atoms with E-state index in [4.69, 9.17) is 4.74 Å². The normalized spacial score (nSPS) is 13.8. The molecule has 4 atom stereocenters. The highest BCUT2D eigenvalue weighted by Crippen LogP contribution is 2.22. The quantitative estimate of drug-likeness (QED) is 0.101. The number of carbonyl (C=O) groups excluding carboxylic acids is 3. The lowest BCUT2D eigenvalue weighted by molar-refractivity contribution is -0.132. The third kappa shape index (κ3) is 10.5. The minimum Gasteiger partial charge on any atom is -0.444 e. The molecule has 0 bridgehead atoms. The summed E-state index contributed by atoms with van der Waals surface area (Å²) in [6.07, 6.45) is -1.16. The molecule has 0 radical (unpaired) electrons. The Morgan fingerprint density at radius 2 is 1.34 bits per heavy atom. The molecule has 0 saturated carbocycles. The first-order chi connectivity index (χ1) is 24.0. The maximum atomic E-state index is 14.2. The molecule has 10 heteroatoms. The van der Waals surface area contributed by atoms with Crippen LogP contribution in [0.2, 0.25) is 0 Å². The molecule has 50 heavy (non-hydrogen) atoms. The number of aliphatic hydroxyl groups excluding tert-OH is 1. The summed E-state index contributed by atoms with van der Waals surface area (Å²) in [6, 6.07) is 33.9. The van der Waals surface area contributed by atoms with Crippen LogP contribution in [-0.4, -0.2) is 50.7 Å². The molecular weight excluding hydrogens is 630 g/mol. The molecule has 0 unspecified atom stereocenters. The zero-order chi connectivity index (χ0) is 35.5. The van der Waals surface area contributed by atoms with Crippen LogP contribution in [0.1, 0.15) is 55.7 Å². The van der Waals surface area contributed by atoms with Crippen molar-refractivity contribution in [3.8, 4) is 0 Å². The number of rotatable bonds is 14. The molecule has 0 saturated heterocycles. The van der Waals surface area contributed by atoms with E-state index in [1.54, 1.807) is 32.9 Å². The monoisotopic (exact) mass is 675 g/mol. The second-order valence-corrected chi connectivity index (χ2v) is 13.4. The topological polar surface area (TPSA) is 145 Å². The van der Waals surface area contributed by atoms with E-state index in [0.717, 1.165) is 22.2 Å². The molecule has 0 spiro atoms. The molecule has 3 amide bonds. The number of amides is 3. The molecule has 0 aliphatic heterocycles. The molecule has 1 aromatic heterocycles. The fourth-order valence-electron chi connectivity index (χ4n) is 5.82. The van der Waals surface area contributed by atoms with Gasteiger partial charge < -0.3 is 30.8 Å². The van der Waals surface area contributed by atoms with Gasteiger partial charge in [0.2, 0.25) is 11.8 Å². The van der Waals surface area contributed by atoms with Crippen LogP contribution >= 0.6 is 0 Å². The van der Waals surface area contributed by atoms with Gasteiger partial charge in [0.15, 0.2) is 0 Å². The van der Waals surface area contributed by atoms with E-state index in [1.807, 2.05) is 103 Å². The maximum absolute atomic E-state index is 14.2. The number of alkyl carbamates (subject to hydrolysis) is 1. The molecule has 5 aromatic rings. The Labute approximate surface area is 292 Å². The minimum atomic E-state index is -1.13. The Kier molecular flexibility index (Phi) is 12.0. The third-order valence-corrected chi connectivity index (χ3v) is 8.24. The standard InChI is InChI=1S/C40H45N5O5/c1-40(2,3)50-39(49)44-33(24-28-17-9-5-10-18-28)34(46)25-30(23-27-15-7-4-8-16-27)37(47)45-36(29-19-11-6-12-20-29)38(48)41-26-35-42-31-21-13-14-22-32(31)43-35/h4-22,30,33-34,36,46H,23-26H2,1-3H3,(H,41,48)(H,42,43)(H,44,49)(H,45,47)/t30-,33+,34+,36+/m1/s1. The zero-order valence-electron chi connectivity index (χ0n) is 28.6. The third-order valence-electron chi connectivity index (χ3n) is 8.24. The number of nitrogens with zero attached hydrogens (tertiary/aromatic N) is 1. The van der Waals surface area contributed by atoms with E-state index >= 15 is 0 Å². The van der Waals surface area contributed by atoms with Crippen molar-refractivity contribution in [1.29, 1.82) is 0 Å². The average molecular weight is 676 g/mol. The van der Waals surface area contributed by atoms with Crippen LogP contribution in [0.25, 0.3) is 11.0 Å². The molecule has 1 heterocycles. The van der Waals surface area contributed by atoms with E-state index in [9.17, 15) is 19.5 Å². The molecule has 260 valence electrons. The largest absolute Gasteiger partial charge is 0.444 e. The van der Waals surface area contributed by atoms with Gasteiger partial charge in [0.25, 0.3) is 0 Å². The van der Waals surface area contributed by atoms with Gasteiger partial charge in [-0.15, -0.1) is 0 Å². The summed E-state index contributed by atoms with van der Waals surface area (Å²) in [5, 5.41) is 20.4. The van der Waals surface area contributed by atoms with Crippen LogP contribution in [0.4, 0.5) is 4.79 Å². The number of para-hydroxylation sites is 2. The Morgan fingerprint density at radius 3 is 1.96 bits per heavy atom. The summed E-state index contributed by atoms with van der Waals surface area (Å²) in [4.78, 5) is 48.6. The van der Waals surface area contributed by atoms with Crippen molar-refractivity contribution >= 4 is 28.9 Å². The number of aliphatic hydroxyl groups is 1. The van der Waals surface area contributed by atoms with Crippen LogP contribution in [0.3, 0.4) is 0 Å². The van der Waals surface area contributed by atoms with Crippen molar-refractivity contribution < 1.29 is 24.2 Å². The number of ether oxygens (including phenoxy) is 1. The number of aromatic nitrogens is 2. The summed E-state index contributed by atoms with van der Waals surface area (Å²) in [5.74, 6) is -0.973. The van der Waals surface area contributed by atoms with E-state index in [1.165, 1.54) is 0 Å². The molecule has 5 N–H and O–H groups in total. The predicted molar refractivity (Wildman–Crippen MR) is 193 cm³/mol. The number of imidazole rings is 1. The van der Waals surface area contributed by atoms with Gasteiger partial charge in [0, 0.05) is 5.92 Å². The van der Waals surface area contributed by atoms with Gasteiger partial charge in [-0.1, -0.05) is 103 Å². The van der Waals surface area contributed by atoms with Gasteiger partial charge >= 0.3 is 6.09 Å². The summed E-state index contributed by atoms with van der Waals surface area (Å²) in [5.41, 5.74) is 3.32. The van der Waals surface area contributed by atoms with Crippen molar-refractivity contribution in [2.45, 2.75) is 70.4 Å². The molecule has 5 rings (SSSR count). The first-order valence-corrected chi connectivity index (χ1v) is 16.9.